The second-order valence-corrected chi connectivity index (χ2v) is 4.47. The molecule has 1 aromatic carbocycles. The molecule has 0 aliphatic rings. The van der Waals surface area contributed by atoms with Gasteiger partial charge >= 0.3 is 0 Å². The van der Waals surface area contributed by atoms with E-state index in [4.69, 9.17) is 0 Å². The first-order valence-corrected chi connectivity index (χ1v) is 6.00. The lowest BCUT2D eigenvalue weighted by Gasteiger charge is -2.01. The molecule has 1 rings (SSSR count). The molecule has 0 heterocycles. The Balaban J connectivity index is 2.42. The third kappa shape index (κ3) is 3.97. The first-order chi connectivity index (χ1) is 6.86. The molecule has 0 spiro atoms. The Morgan fingerprint density at radius 1 is 1.29 bits per heavy atom. The number of carbonyl (C=O) groups excluding carboxylic acids is 1. The number of thioether (sulfide) groups is 1. The van der Waals surface area contributed by atoms with E-state index in [0.29, 0.717) is 6.42 Å². The summed E-state index contributed by atoms with van der Waals surface area (Å²) in [5.41, 5.74) is 1.33. The minimum atomic E-state index is 0.672. The number of aryl methyl sites for hydroxylation is 1. The summed E-state index contributed by atoms with van der Waals surface area (Å²) in [6, 6.07) is 8.63. The molecule has 0 atom stereocenters. The van der Waals surface area contributed by atoms with Crippen LogP contribution in [0.5, 0.6) is 0 Å². The molecule has 1 aromatic rings. The molecule has 0 radical (unpaired) electrons. The van der Waals surface area contributed by atoms with Crippen LogP contribution in [0.2, 0.25) is 0 Å². The molecule has 0 bridgehead atoms. The van der Waals surface area contributed by atoms with Crippen molar-refractivity contribution in [2.45, 2.75) is 31.1 Å². The van der Waals surface area contributed by atoms with Crippen molar-refractivity contribution < 1.29 is 4.79 Å². The van der Waals surface area contributed by atoms with Crippen LogP contribution in [0.4, 0.5) is 0 Å². The van der Waals surface area contributed by atoms with Crippen molar-refractivity contribution in [1.82, 2.24) is 0 Å². The van der Waals surface area contributed by atoms with Gasteiger partial charge in [-0.3, -0.25) is 0 Å². The van der Waals surface area contributed by atoms with E-state index in [-0.39, 0.29) is 0 Å². The monoisotopic (exact) mass is 208 g/mol. The maximum absolute atomic E-state index is 10.1. The Kier molecular flexibility index (Phi) is 5.38. The van der Waals surface area contributed by atoms with Crippen LogP contribution >= 0.6 is 11.8 Å². The van der Waals surface area contributed by atoms with Crippen molar-refractivity contribution in [3.05, 3.63) is 29.8 Å². The maximum Gasteiger partial charge on any atom is 0.120 e. The Bertz CT molecular complexity index is 266. The lowest BCUT2D eigenvalue weighted by atomic mass is 10.1. The fourth-order valence-electron chi connectivity index (χ4n) is 1.31. The molecule has 0 amide bonds. The zero-order valence-electron chi connectivity index (χ0n) is 8.53. The highest BCUT2D eigenvalue weighted by atomic mass is 32.2. The highest BCUT2D eigenvalue weighted by Crippen LogP contribution is 2.18. The van der Waals surface area contributed by atoms with Gasteiger partial charge in [0.25, 0.3) is 0 Å². The molecule has 76 valence electrons. The van der Waals surface area contributed by atoms with Crippen molar-refractivity contribution in [3.63, 3.8) is 0 Å². The Labute approximate surface area is 89.9 Å². The average molecular weight is 208 g/mol. The number of aldehydes is 1. The first-order valence-electron chi connectivity index (χ1n) is 5.02. The zero-order chi connectivity index (χ0) is 10.2. The van der Waals surface area contributed by atoms with Gasteiger partial charge in [-0.1, -0.05) is 19.1 Å². The van der Waals surface area contributed by atoms with Gasteiger partial charge in [0.05, 0.1) is 0 Å². The molecule has 1 nitrogen and oxygen atoms in total. The van der Waals surface area contributed by atoms with Crippen LogP contribution in [0, 0.1) is 0 Å². The van der Waals surface area contributed by atoms with Gasteiger partial charge in [-0.25, -0.2) is 0 Å². The SMILES string of the molecule is CCSc1ccc(CCCC=O)cc1. The molecule has 14 heavy (non-hydrogen) atoms. The lowest BCUT2D eigenvalue weighted by Crippen LogP contribution is -1.86. The minimum Gasteiger partial charge on any atom is -0.303 e. The standard InChI is InChI=1S/C12H16OS/c1-2-14-12-8-6-11(7-9-12)5-3-4-10-13/h6-10H,2-5H2,1H3. The third-order valence-corrected chi connectivity index (χ3v) is 2.92. The van der Waals surface area contributed by atoms with Crippen LogP contribution in [0.3, 0.4) is 0 Å². The van der Waals surface area contributed by atoms with Crippen molar-refractivity contribution in [2.75, 3.05) is 5.75 Å². The van der Waals surface area contributed by atoms with Gasteiger partial charge in [0.1, 0.15) is 6.29 Å². The Hall–Kier alpha value is -0.760. The van der Waals surface area contributed by atoms with Crippen molar-refractivity contribution in [2.24, 2.45) is 0 Å². The highest BCUT2D eigenvalue weighted by molar-refractivity contribution is 7.99. The van der Waals surface area contributed by atoms with E-state index in [0.717, 1.165) is 24.9 Å². The highest BCUT2D eigenvalue weighted by Gasteiger charge is 1.94. The van der Waals surface area contributed by atoms with Crippen molar-refractivity contribution in [3.8, 4) is 0 Å². The van der Waals surface area contributed by atoms with Crippen LogP contribution in [0.15, 0.2) is 29.2 Å². The van der Waals surface area contributed by atoms with E-state index >= 15 is 0 Å². The largest absolute Gasteiger partial charge is 0.303 e. The molecule has 0 aliphatic heterocycles. The summed E-state index contributed by atoms with van der Waals surface area (Å²) in [5, 5.41) is 0. The van der Waals surface area contributed by atoms with Crippen LogP contribution in [-0.4, -0.2) is 12.0 Å². The van der Waals surface area contributed by atoms with Crippen LogP contribution in [0.25, 0.3) is 0 Å². The van der Waals surface area contributed by atoms with Crippen LogP contribution in [0.1, 0.15) is 25.3 Å². The normalized spacial score (nSPS) is 10.1. The number of unbranched alkanes of at least 4 members (excludes halogenated alkanes) is 1. The lowest BCUT2D eigenvalue weighted by molar-refractivity contribution is -0.107. The summed E-state index contributed by atoms with van der Waals surface area (Å²) >= 11 is 1.86. The van der Waals surface area contributed by atoms with Crippen molar-refractivity contribution >= 4 is 18.0 Å². The average Bonchev–Trinajstić information content (AvgIpc) is 2.21. The van der Waals surface area contributed by atoms with Crippen LogP contribution in [-0.2, 0) is 11.2 Å². The van der Waals surface area contributed by atoms with Gasteiger partial charge in [-0.15, -0.1) is 11.8 Å². The van der Waals surface area contributed by atoms with E-state index in [1.165, 1.54) is 10.5 Å². The number of hydrogen-bond acceptors (Lipinski definition) is 2. The Morgan fingerprint density at radius 3 is 2.57 bits per heavy atom. The number of hydrogen-bond donors (Lipinski definition) is 0. The number of rotatable bonds is 6. The first kappa shape index (κ1) is 11.3. The molecule has 0 fully saturated rings. The number of carbonyl (C=O) groups is 1. The summed E-state index contributed by atoms with van der Waals surface area (Å²) in [7, 11) is 0. The molecular formula is C12H16OS. The van der Waals surface area contributed by atoms with Gasteiger partial charge < -0.3 is 4.79 Å². The Morgan fingerprint density at radius 2 is 2.00 bits per heavy atom. The van der Waals surface area contributed by atoms with E-state index in [9.17, 15) is 4.79 Å². The van der Waals surface area contributed by atoms with E-state index in [1.807, 2.05) is 11.8 Å². The topological polar surface area (TPSA) is 17.1 Å². The summed E-state index contributed by atoms with van der Waals surface area (Å²) < 4.78 is 0. The summed E-state index contributed by atoms with van der Waals surface area (Å²) in [5.74, 6) is 1.12. The summed E-state index contributed by atoms with van der Waals surface area (Å²) in [4.78, 5) is 11.5. The van der Waals surface area contributed by atoms with E-state index in [2.05, 4.69) is 31.2 Å². The third-order valence-electron chi connectivity index (χ3n) is 2.02. The van der Waals surface area contributed by atoms with E-state index < -0.39 is 0 Å². The predicted molar refractivity (Wildman–Crippen MR) is 61.8 cm³/mol. The van der Waals surface area contributed by atoms with Gasteiger partial charge in [0.15, 0.2) is 0 Å². The van der Waals surface area contributed by atoms with Crippen LogP contribution < -0.4 is 0 Å². The molecule has 0 saturated carbocycles. The van der Waals surface area contributed by atoms with Gasteiger partial charge in [0.2, 0.25) is 0 Å². The predicted octanol–water partition coefficient (Wildman–Crippen LogP) is 3.32. The molecule has 0 aliphatic carbocycles. The second-order valence-electron chi connectivity index (χ2n) is 3.14. The van der Waals surface area contributed by atoms with E-state index in [1.54, 1.807) is 0 Å². The molecule has 0 unspecified atom stereocenters. The number of benzene rings is 1. The molecular weight excluding hydrogens is 192 g/mol. The molecule has 2 heteroatoms. The van der Waals surface area contributed by atoms with Gasteiger partial charge in [-0.2, -0.15) is 0 Å². The molecule has 0 saturated heterocycles. The fourth-order valence-corrected chi connectivity index (χ4v) is 1.97. The van der Waals surface area contributed by atoms with Gasteiger partial charge in [-0.05, 0) is 36.3 Å². The summed E-state index contributed by atoms with van der Waals surface area (Å²) in [6.45, 7) is 2.16. The van der Waals surface area contributed by atoms with Gasteiger partial charge in [0, 0.05) is 11.3 Å². The zero-order valence-corrected chi connectivity index (χ0v) is 9.35. The second kappa shape index (κ2) is 6.66. The van der Waals surface area contributed by atoms with Crippen molar-refractivity contribution in [1.29, 1.82) is 0 Å². The smallest absolute Gasteiger partial charge is 0.120 e. The summed E-state index contributed by atoms with van der Waals surface area (Å²) in [6.07, 6.45) is 3.63. The fraction of sp³-hybridized carbons (Fsp3) is 0.417. The molecule has 0 aromatic heterocycles. The quantitative estimate of drug-likeness (QED) is 0.405. The minimum absolute atomic E-state index is 0.672. The molecule has 0 N–H and O–H groups in total. The maximum atomic E-state index is 10.1.